The van der Waals surface area contributed by atoms with Gasteiger partial charge in [-0.05, 0) is 80.4 Å². The van der Waals surface area contributed by atoms with Crippen LogP contribution in [-0.4, -0.2) is 55.9 Å². The van der Waals surface area contributed by atoms with Gasteiger partial charge < -0.3 is 14.5 Å². The predicted molar refractivity (Wildman–Crippen MR) is 117 cm³/mol. The molecule has 1 unspecified atom stereocenters. The lowest BCUT2D eigenvalue weighted by molar-refractivity contribution is 0.102. The summed E-state index contributed by atoms with van der Waals surface area (Å²) in [4.78, 5) is 17.4. The van der Waals surface area contributed by atoms with Crippen molar-refractivity contribution < 1.29 is 9.53 Å². The Morgan fingerprint density at radius 2 is 2.07 bits per heavy atom. The van der Waals surface area contributed by atoms with Gasteiger partial charge in [-0.2, -0.15) is 0 Å². The molecule has 1 aromatic carbocycles. The molecule has 3 rings (SSSR count). The number of piperidine rings is 1. The lowest BCUT2D eigenvalue weighted by atomic mass is 9.97. The number of Topliss-reactive ketones (excluding diaryl/α,β-unsaturated/α-hetero) is 1. The minimum absolute atomic E-state index is 0.165. The zero-order valence-electron chi connectivity index (χ0n) is 17.3. The Hall–Kier alpha value is -1.69. The van der Waals surface area contributed by atoms with Gasteiger partial charge >= 0.3 is 0 Å². The van der Waals surface area contributed by atoms with Crippen LogP contribution in [0.4, 0.5) is 0 Å². The van der Waals surface area contributed by atoms with E-state index in [4.69, 9.17) is 4.74 Å². The summed E-state index contributed by atoms with van der Waals surface area (Å²) in [7, 11) is 3.90. The summed E-state index contributed by atoms with van der Waals surface area (Å²) in [6.07, 6.45) is 3.69. The second-order valence-corrected chi connectivity index (χ2v) is 8.89. The summed E-state index contributed by atoms with van der Waals surface area (Å²) in [6.45, 7) is 7.20. The Labute approximate surface area is 173 Å². The first-order valence-corrected chi connectivity index (χ1v) is 11.0. The maximum atomic E-state index is 11.5. The number of carbonyl (C=O) groups is 1. The highest BCUT2D eigenvalue weighted by atomic mass is 32.1. The number of likely N-dealkylation sites (tertiary alicyclic amines) is 1. The third kappa shape index (κ3) is 6.16. The second-order valence-electron chi connectivity index (χ2n) is 7.98. The predicted octanol–water partition coefficient (Wildman–Crippen LogP) is 4.35. The molecular weight excluding hydrogens is 368 g/mol. The first-order valence-electron chi connectivity index (χ1n) is 10.2. The average molecular weight is 401 g/mol. The van der Waals surface area contributed by atoms with Crippen LogP contribution in [0.5, 0.6) is 5.75 Å². The van der Waals surface area contributed by atoms with E-state index in [1.54, 1.807) is 25.4 Å². The molecule has 0 saturated carbocycles. The zero-order valence-corrected chi connectivity index (χ0v) is 18.1. The Morgan fingerprint density at radius 3 is 2.75 bits per heavy atom. The van der Waals surface area contributed by atoms with E-state index >= 15 is 0 Å². The van der Waals surface area contributed by atoms with Crippen LogP contribution in [0.3, 0.4) is 0 Å². The molecule has 1 aromatic heterocycles. The standard InChI is InChI=1S/C23H32N2O2S/c1-18(26)23-13-21(17-28-23)15-24(2)14-20-5-4-11-25(16-20)12-10-19-6-8-22(27-3)9-7-19/h6-9,13,17,20H,4-5,10-12,14-16H2,1-3H3. The summed E-state index contributed by atoms with van der Waals surface area (Å²) in [5.74, 6) is 1.81. The number of nitrogens with zero attached hydrogens (tertiary/aromatic N) is 2. The van der Waals surface area contributed by atoms with E-state index in [1.807, 2.05) is 18.2 Å². The SMILES string of the molecule is COc1ccc(CCN2CCCC(CN(C)Cc3csc(C(C)=O)c3)C2)cc1. The van der Waals surface area contributed by atoms with Gasteiger partial charge in [0.2, 0.25) is 0 Å². The van der Waals surface area contributed by atoms with Gasteiger partial charge in [0.25, 0.3) is 0 Å². The van der Waals surface area contributed by atoms with Gasteiger partial charge in [-0.3, -0.25) is 4.79 Å². The first-order chi connectivity index (χ1) is 13.5. The molecule has 5 heteroatoms. The van der Waals surface area contributed by atoms with Gasteiger partial charge in [-0.1, -0.05) is 12.1 Å². The van der Waals surface area contributed by atoms with Crippen LogP contribution in [0.25, 0.3) is 0 Å². The van der Waals surface area contributed by atoms with Gasteiger partial charge in [0, 0.05) is 26.2 Å². The fourth-order valence-electron chi connectivity index (χ4n) is 4.04. The number of hydrogen-bond donors (Lipinski definition) is 0. The highest BCUT2D eigenvalue weighted by Gasteiger charge is 2.21. The molecule has 2 heterocycles. The Morgan fingerprint density at radius 1 is 1.29 bits per heavy atom. The van der Waals surface area contributed by atoms with Crippen molar-refractivity contribution in [1.29, 1.82) is 0 Å². The monoisotopic (exact) mass is 400 g/mol. The van der Waals surface area contributed by atoms with Crippen molar-refractivity contribution in [2.45, 2.75) is 32.7 Å². The average Bonchev–Trinajstić information content (AvgIpc) is 3.16. The maximum absolute atomic E-state index is 11.5. The quantitative estimate of drug-likeness (QED) is 0.586. The summed E-state index contributed by atoms with van der Waals surface area (Å²) < 4.78 is 5.24. The molecule has 152 valence electrons. The zero-order chi connectivity index (χ0) is 19.9. The molecule has 1 fully saturated rings. The summed E-state index contributed by atoms with van der Waals surface area (Å²) in [5, 5.41) is 2.12. The Kier molecular flexibility index (Phi) is 7.65. The van der Waals surface area contributed by atoms with Gasteiger partial charge in [-0.25, -0.2) is 0 Å². The fraction of sp³-hybridized carbons (Fsp3) is 0.522. The lowest BCUT2D eigenvalue weighted by Crippen LogP contribution is -2.40. The van der Waals surface area contributed by atoms with Gasteiger partial charge in [-0.15, -0.1) is 11.3 Å². The number of thiophene rings is 1. The maximum Gasteiger partial charge on any atom is 0.169 e. The molecule has 28 heavy (non-hydrogen) atoms. The molecule has 1 atom stereocenters. The smallest absolute Gasteiger partial charge is 0.169 e. The van der Waals surface area contributed by atoms with E-state index in [2.05, 4.69) is 34.4 Å². The topological polar surface area (TPSA) is 32.8 Å². The number of methoxy groups -OCH3 is 1. The lowest BCUT2D eigenvalue weighted by Gasteiger charge is -2.34. The fourth-order valence-corrected chi connectivity index (χ4v) is 4.85. The van der Waals surface area contributed by atoms with Crippen molar-refractivity contribution in [3.8, 4) is 5.75 Å². The van der Waals surface area contributed by atoms with E-state index in [9.17, 15) is 4.79 Å². The van der Waals surface area contributed by atoms with Crippen LogP contribution in [0.2, 0.25) is 0 Å². The summed E-state index contributed by atoms with van der Waals surface area (Å²) in [6, 6.07) is 10.5. The van der Waals surface area contributed by atoms with Crippen molar-refractivity contribution >= 4 is 17.1 Å². The van der Waals surface area contributed by atoms with Gasteiger partial charge in [0.05, 0.1) is 12.0 Å². The van der Waals surface area contributed by atoms with E-state index in [0.717, 1.165) is 42.6 Å². The molecule has 4 nitrogen and oxygen atoms in total. The van der Waals surface area contributed by atoms with Crippen LogP contribution >= 0.6 is 11.3 Å². The normalized spacial score (nSPS) is 17.8. The largest absolute Gasteiger partial charge is 0.497 e. The Bertz CT molecular complexity index is 756. The van der Waals surface area contributed by atoms with E-state index in [-0.39, 0.29) is 5.78 Å². The summed E-state index contributed by atoms with van der Waals surface area (Å²) in [5.41, 5.74) is 2.63. The van der Waals surface area contributed by atoms with Crippen molar-refractivity contribution in [3.05, 3.63) is 51.7 Å². The molecule has 1 aliphatic heterocycles. The van der Waals surface area contributed by atoms with Gasteiger partial charge in [0.15, 0.2) is 5.78 Å². The number of ketones is 1. The first kappa shape index (κ1) is 21.0. The van der Waals surface area contributed by atoms with Gasteiger partial charge in [0.1, 0.15) is 5.75 Å². The highest BCUT2D eigenvalue weighted by molar-refractivity contribution is 7.12. The van der Waals surface area contributed by atoms with Crippen molar-refractivity contribution in [2.75, 3.05) is 40.3 Å². The highest BCUT2D eigenvalue weighted by Crippen LogP contribution is 2.21. The molecule has 0 amide bonds. The summed E-state index contributed by atoms with van der Waals surface area (Å²) >= 11 is 1.56. The van der Waals surface area contributed by atoms with Crippen LogP contribution in [-0.2, 0) is 13.0 Å². The van der Waals surface area contributed by atoms with Crippen LogP contribution in [0.1, 0.15) is 40.6 Å². The molecule has 1 aliphatic rings. The third-order valence-electron chi connectivity index (χ3n) is 5.50. The molecule has 0 spiro atoms. The number of hydrogen-bond acceptors (Lipinski definition) is 5. The number of ether oxygens (including phenoxy) is 1. The van der Waals surface area contributed by atoms with Crippen molar-refractivity contribution in [3.63, 3.8) is 0 Å². The number of rotatable bonds is 9. The van der Waals surface area contributed by atoms with E-state index < -0.39 is 0 Å². The molecule has 1 saturated heterocycles. The number of carbonyl (C=O) groups excluding carboxylic acids is 1. The molecule has 0 bridgehead atoms. The van der Waals surface area contributed by atoms with Crippen LogP contribution in [0, 0.1) is 5.92 Å². The molecule has 0 radical (unpaired) electrons. The second kappa shape index (κ2) is 10.2. The van der Waals surface area contributed by atoms with Crippen LogP contribution < -0.4 is 4.74 Å². The third-order valence-corrected chi connectivity index (χ3v) is 6.58. The molecule has 0 N–H and O–H groups in total. The molecular formula is C23H32N2O2S. The minimum Gasteiger partial charge on any atom is -0.497 e. The van der Waals surface area contributed by atoms with E-state index in [1.165, 1.54) is 37.1 Å². The minimum atomic E-state index is 0.165. The van der Waals surface area contributed by atoms with Crippen molar-refractivity contribution in [2.24, 2.45) is 5.92 Å². The number of benzene rings is 1. The molecule has 0 aliphatic carbocycles. The van der Waals surface area contributed by atoms with Crippen LogP contribution in [0.15, 0.2) is 35.7 Å². The molecule has 2 aromatic rings. The van der Waals surface area contributed by atoms with E-state index in [0.29, 0.717) is 0 Å². The Balaban J connectivity index is 1.43. The van der Waals surface area contributed by atoms with Crippen molar-refractivity contribution in [1.82, 2.24) is 9.80 Å².